The van der Waals surface area contributed by atoms with Gasteiger partial charge in [0, 0.05) is 29.7 Å². The largest absolute Gasteiger partial charge is 0.397 e. The highest BCUT2D eigenvalue weighted by molar-refractivity contribution is 7.07. The normalized spacial score (nSPS) is 10.8. The molecule has 0 amide bonds. The summed E-state index contributed by atoms with van der Waals surface area (Å²) in [6.07, 6.45) is 1.80. The Balaban J connectivity index is 2.02. The van der Waals surface area contributed by atoms with E-state index in [1.165, 1.54) is 0 Å². The lowest BCUT2D eigenvalue weighted by Crippen LogP contribution is -2.17. The second-order valence-corrected chi connectivity index (χ2v) is 5.13. The zero-order valence-electron chi connectivity index (χ0n) is 10.6. The maximum atomic E-state index is 5.97. The van der Waals surface area contributed by atoms with Crippen molar-refractivity contribution in [2.75, 3.05) is 17.7 Å². The number of thiazole rings is 1. The van der Waals surface area contributed by atoms with Gasteiger partial charge in [-0.1, -0.05) is 12.1 Å². The van der Waals surface area contributed by atoms with Crippen molar-refractivity contribution in [3.8, 4) is 0 Å². The third kappa shape index (κ3) is 2.24. The molecule has 5 heteroatoms. The molecular formula is C14H14N4S. The van der Waals surface area contributed by atoms with Crippen LogP contribution in [0.5, 0.6) is 0 Å². The number of para-hydroxylation sites is 1. The van der Waals surface area contributed by atoms with Gasteiger partial charge in [-0.15, -0.1) is 11.3 Å². The van der Waals surface area contributed by atoms with Crippen LogP contribution in [0.3, 0.4) is 0 Å². The van der Waals surface area contributed by atoms with E-state index in [-0.39, 0.29) is 0 Å². The van der Waals surface area contributed by atoms with Crippen LogP contribution >= 0.6 is 11.3 Å². The summed E-state index contributed by atoms with van der Waals surface area (Å²) in [6, 6.07) is 7.89. The SMILES string of the molecule is CN(Cc1cscn1)c1ccnc2c(N)cccc12. The average Bonchev–Trinajstić information content (AvgIpc) is 2.91. The van der Waals surface area contributed by atoms with E-state index >= 15 is 0 Å². The van der Waals surface area contributed by atoms with E-state index in [0.29, 0.717) is 5.69 Å². The summed E-state index contributed by atoms with van der Waals surface area (Å²) in [7, 11) is 2.05. The predicted octanol–water partition coefficient (Wildman–Crippen LogP) is 2.91. The predicted molar refractivity (Wildman–Crippen MR) is 80.4 cm³/mol. The van der Waals surface area contributed by atoms with Gasteiger partial charge in [0.2, 0.25) is 0 Å². The van der Waals surface area contributed by atoms with Crippen molar-refractivity contribution in [2.24, 2.45) is 0 Å². The molecular weight excluding hydrogens is 256 g/mol. The van der Waals surface area contributed by atoms with Gasteiger partial charge in [-0.05, 0) is 12.1 Å². The summed E-state index contributed by atoms with van der Waals surface area (Å²) in [5.74, 6) is 0. The van der Waals surface area contributed by atoms with E-state index in [9.17, 15) is 0 Å². The van der Waals surface area contributed by atoms with Crippen molar-refractivity contribution in [1.29, 1.82) is 0 Å². The van der Waals surface area contributed by atoms with Crippen LogP contribution in [-0.4, -0.2) is 17.0 Å². The molecule has 0 unspecified atom stereocenters. The highest BCUT2D eigenvalue weighted by Crippen LogP contribution is 2.28. The lowest BCUT2D eigenvalue weighted by Gasteiger charge is -2.20. The quantitative estimate of drug-likeness (QED) is 0.743. The van der Waals surface area contributed by atoms with Crippen LogP contribution < -0.4 is 10.6 Å². The lowest BCUT2D eigenvalue weighted by molar-refractivity contribution is 0.898. The van der Waals surface area contributed by atoms with Crippen LogP contribution in [0.2, 0.25) is 0 Å². The molecule has 3 aromatic rings. The average molecular weight is 270 g/mol. The van der Waals surface area contributed by atoms with Gasteiger partial charge < -0.3 is 10.6 Å². The first-order valence-corrected chi connectivity index (χ1v) is 6.91. The number of anilines is 2. The number of nitrogen functional groups attached to an aromatic ring is 1. The van der Waals surface area contributed by atoms with Crippen LogP contribution in [0.1, 0.15) is 5.69 Å². The van der Waals surface area contributed by atoms with Crippen molar-refractivity contribution in [3.05, 3.63) is 47.0 Å². The number of nitrogens with two attached hydrogens (primary N) is 1. The fourth-order valence-corrected chi connectivity index (χ4v) is 2.71. The van der Waals surface area contributed by atoms with Crippen molar-refractivity contribution in [1.82, 2.24) is 9.97 Å². The van der Waals surface area contributed by atoms with Crippen molar-refractivity contribution in [3.63, 3.8) is 0 Å². The maximum absolute atomic E-state index is 5.97. The first kappa shape index (κ1) is 11.9. The topological polar surface area (TPSA) is 55.0 Å². The molecule has 2 N–H and O–H groups in total. The first-order valence-electron chi connectivity index (χ1n) is 5.97. The van der Waals surface area contributed by atoms with Gasteiger partial charge in [0.05, 0.1) is 29.0 Å². The van der Waals surface area contributed by atoms with Crippen molar-refractivity contribution < 1.29 is 0 Å². The number of aromatic nitrogens is 2. The summed E-state index contributed by atoms with van der Waals surface area (Å²) < 4.78 is 0. The van der Waals surface area contributed by atoms with Gasteiger partial charge in [-0.25, -0.2) is 4.98 Å². The molecule has 0 saturated carbocycles. The number of fused-ring (bicyclic) bond motifs is 1. The molecule has 2 aromatic heterocycles. The summed E-state index contributed by atoms with van der Waals surface area (Å²) in [5, 5.41) is 3.13. The molecule has 0 fully saturated rings. The molecule has 0 bridgehead atoms. The van der Waals surface area contributed by atoms with Gasteiger partial charge in [-0.3, -0.25) is 4.98 Å². The Bertz CT molecular complexity index is 694. The molecule has 0 aliphatic heterocycles. The Labute approximate surface area is 115 Å². The molecule has 96 valence electrons. The maximum Gasteiger partial charge on any atom is 0.0951 e. The van der Waals surface area contributed by atoms with E-state index in [1.807, 2.05) is 29.8 Å². The molecule has 4 nitrogen and oxygen atoms in total. The van der Waals surface area contributed by atoms with E-state index in [1.54, 1.807) is 17.5 Å². The second-order valence-electron chi connectivity index (χ2n) is 4.41. The van der Waals surface area contributed by atoms with E-state index in [4.69, 9.17) is 5.73 Å². The minimum Gasteiger partial charge on any atom is -0.397 e. The van der Waals surface area contributed by atoms with Gasteiger partial charge >= 0.3 is 0 Å². The second kappa shape index (κ2) is 4.85. The Morgan fingerprint density at radius 1 is 1.26 bits per heavy atom. The third-order valence-electron chi connectivity index (χ3n) is 3.07. The molecule has 3 rings (SSSR count). The fourth-order valence-electron chi connectivity index (χ4n) is 2.16. The molecule has 2 heterocycles. The lowest BCUT2D eigenvalue weighted by atomic mass is 10.1. The minimum absolute atomic E-state index is 0.710. The number of nitrogens with zero attached hydrogens (tertiary/aromatic N) is 3. The molecule has 1 aromatic carbocycles. The van der Waals surface area contributed by atoms with E-state index in [2.05, 4.69) is 27.3 Å². The Morgan fingerprint density at radius 3 is 2.95 bits per heavy atom. The molecule has 0 aliphatic rings. The monoisotopic (exact) mass is 270 g/mol. The third-order valence-corrected chi connectivity index (χ3v) is 3.71. The number of rotatable bonds is 3. The molecule has 0 atom stereocenters. The summed E-state index contributed by atoms with van der Waals surface area (Å²) >= 11 is 1.61. The molecule has 0 saturated heterocycles. The first-order chi connectivity index (χ1) is 9.25. The molecule has 19 heavy (non-hydrogen) atoms. The Morgan fingerprint density at radius 2 is 2.16 bits per heavy atom. The van der Waals surface area contributed by atoms with E-state index < -0.39 is 0 Å². The summed E-state index contributed by atoms with van der Waals surface area (Å²) in [6.45, 7) is 0.775. The van der Waals surface area contributed by atoms with E-state index in [0.717, 1.165) is 28.8 Å². The van der Waals surface area contributed by atoms with Crippen LogP contribution in [0.15, 0.2) is 41.4 Å². The Hall–Kier alpha value is -2.14. The summed E-state index contributed by atoms with van der Waals surface area (Å²) in [4.78, 5) is 10.8. The van der Waals surface area contributed by atoms with Crippen LogP contribution in [-0.2, 0) is 6.54 Å². The Kier molecular flexibility index (Phi) is 3.05. The van der Waals surface area contributed by atoms with Gasteiger partial charge in [-0.2, -0.15) is 0 Å². The standard InChI is InChI=1S/C14H14N4S/c1-18(7-10-8-19-9-17-10)13-5-6-16-14-11(13)3-2-4-12(14)15/h2-6,8-9H,7,15H2,1H3. The molecule has 0 spiro atoms. The van der Waals surface area contributed by atoms with Gasteiger partial charge in [0.25, 0.3) is 0 Å². The summed E-state index contributed by atoms with van der Waals surface area (Å²) in [5.41, 5.74) is 11.6. The number of hydrogen-bond donors (Lipinski definition) is 1. The molecule has 0 aliphatic carbocycles. The zero-order valence-corrected chi connectivity index (χ0v) is 11.4. The van der Waals surface area contributed by atoms with Gasteiger partial charge in [0.15, 0.2) is 0 Å². The zero-order chi connectivity index (χ0) is 13.2. The fraction of sp³-hybridized carbons (Fsp3) is 0.143. The smallest absolute Gasteiger partial charge is 0.0951 e. The van der Waals surface area contributed by atoms with Crippen molar-refractivity contribution >= 4 is 33.6 Å². The van der Waals surface area contributed by atoms with Crippen molar-refractivity contribution in [2.45, 2.75) is 6.54 Å². The number of hydrogen-bond acceptors (Lipinski definition) is 5. The van der Waals surface area contributed by atoms with Gasteiger partial charge in [0.1, 0.15) is 0 Å². The molecule has 0 radical (unpaired) electrons. The minimum atomic E-state index is 0.710. The van der Waals surface area contributed by atoms with Crippen LogP contribution in [0.25, 0.3) is 10.9 Å². The highest BCUT2D eigenvalue weighted by Gasteiger charge is 2.09. The number of benzene rings is 1. The highest BCUT2D eigenvalue weighted by atomic mass is 32.1. The van der Waals surface area contributed by atoms with Crippen LogP contribution in [0, 0.1) is 0 Å². The number of pyridine rings is 1. The van der Waals surface area contributed by atoms with Crippen LogP contribution in [0.4, 0.5) is 11.4 Å².